The van der Waals surface area contributed by atoms with E-state index >= 15 is 0 Å². The van der Waals surface area contributed by atoms with Gasteiger partial charge in [0.15, 0.2) is 11.4 Å². The standard InChI is InChI=1S/C26H28N4O5/c1-34-13-12-29-15-20(14-18-8-4-2-5-9-18)30-16-21(25(32)28-27)23(31)24(22(30)26(29)33)35-17-19-10-6-3-7-11-19/h2-11,16,20H,12-15,17,27H2,1H3,(H,28,32)/t20-/m0/s1. The Kier molecular flexibility index (Phi) is 7.59. The lowest BCUT2D eigenvalue weighted by Gasteiger charge is -2.37. The molecule has 4 rings (SSSR count). The highest BCUT2D eigenvalue weighted by molar-refractivity contribution is 5.99. The first-order valence-electron chi connectivity index (χ1n) is 11.3. The second-order valence-corrected chi connectivity index (χ2v) is 8.29. The Morgan fingerprint density at radius 3 is 2.34 bits per heavy atom. The average Bonchev–Trinajstić information content (AvgIpc) is 2.89. The fraction of sp³-hybridized carbons (Fsp3) is 0.269. The van der Waals surface area contributed by atoms with Crippen LogP contribution in [0.15, 0.2) is 71.7 Å². The van der Waals surface area contributed by atoms with Crippen molar-refractivity contribution in [1.82, 2.24) is 14.9 Å². The first kappa shape index (κ1) is 24.2. The van der Waals surface area contributed by atoms with Gasteiger partial charge in [-0.2, -0.15) is 0 Å². The van der Waals surface area contributed by atoms with E-state index in [1.807, 2.05) is 66.1 Å². The number of carbonyl (C=O) groups is 2. The highest BCUT2D eigenvalue weighted by atomic mass is 16.5. The number of methoxy groups -OCH3 is 1. The largest absolute Gasteiger partial charge is 0.483 e. The second kappa shape index (κ2) is 11.0. The minimum absolute atomic E-state index is 0.0610. The zero-order valence-corrected chi connectivity index (χ0v) is 19.5. The summed E-state index contributed by atoms with van der Waals surface area (Å²) >= 11 is 0. The number of rotatable bonds is 9. The smallest absolute Gasteiger partial charge is 0.274 e. The molecule has 2 amide bonds. The van der Waals surface area contributed by atoms with E-state index in [1.54, 1.807) is 16.6 Å². The molecule has 2 heterocycles. The fourth-order valence-corrected chi connectivity index (χ4v) is 4.23. The number of ether oxygens (including phenoxy) is 2. The molecule has 0 radical (unpaired) electrons. The van der Waals surface area contributed by atoms with Gasteiger partial charge in [-0.1, -0.05) is 60.7 Å². The van der Waals surface area contributed by atoms with Gasteiger partial charge < -0.3 is 18.9 Å². The molecule has 1 aliphatic rings. The lowest BCUT2D eigenvalue weighted by molar-refractivity contribution is 0.0587. The second-order valence-electron chi connectivity index (χ2n) is 8.29. The maximum absolute atomic E-state index is 13.6. The number of nitrogens with one attached hydrogen (secondary N) is 1. The van der Waals surface area contributed by atoms with Gasteiger partial charge in [0, 0.05) is 26.4 Å². The van der Waals surface area contributed by atoms with Crippen molar-refractivity contribution in [3.05, 3.63) is 99.5 Å². The van der Waals surface area contributed by atoms with Crippen molar-refractivity contribution >= 4 is 11.8 Å². The van der Waals surface area contributed by atoms with Crippen LogP contribution in [0.1, 0.15) is 38.0 Å². The molecule has 0 aliphatic carbocycles. The third-order valence-electron chi connectivity index (χ3n) is 5.99. The maximum Gasteiger partial charge on any atom is 0.274 e. The van der Waals surface area contributed by atoms with Gasteiger partial charge in [0.1, 0.15) is 12.2 Å². The zero-order valence-electron chi connectivity index (χ0n) is 19.5. The van der Waals surface area contributed by atoms with E-state index in [2.05, 4.69) is 0 Å². The number of nitrogen functional groups attached to an aromatic ring is 1. The highest BCUT2D eigenvalue weighted by Gasteiger charge is 2.36. The van der Waals surface area contributed by atoms with E-state index in [0.29, 0.717) is 26.1 Å². The first-order chi connectivity index (χ1) is 17.0. The summed E-state index contributed by atoms with van der Waals surface area (Å²) < 4.78 is 12.8. The van der Waals surface area contributed by atoms with Crippen LogP contribution in [0.4, 0.5) is 0 Å². The predicted molar refractivity (Wildman–Crippen MR) is 130 cm³/mol. The Balaban J connectivity index is 1.84. The van der Waals surface area contributed by atoms with Crippen LogP contribution in [0.3, 0.4) is 0 Å². The van der Waals surface area contributed by atoms with Crippen LogP contribution >= 0.6 is 0 Å². The third kappa shape index (κ3) is 5.26. The molecule has 2 aromatic carbocycles. The number of aromatic nitrogens is 1. The van der Waals surface area contributed by atoms with Crippen LogP contribution in [0, 0.1) is 0 Å². The molecule has 9 heteroatoms. The average molecular weight is 477 g/mol. The number of benzene rings is 2. The van der Waals surface area contributed by atoms with Gasteiger partial charge in [-0.3, -0.25) is 19.8 Å². The van der Waals surface area contributed by atoms with Crippen molar-refractivity contribution in [1.29, 1.82) is 0 Å². The molecule has 1 aliphatic heterocycles. The fourth-order valence-electron chi connectivity index (χ4n) is 4.23. The van der Waals surface area contributed by atoms with Crippen molar-refractivity contribution in [3.63, 3.8) is 0 Å². The lowest BCUT2D eigenvalue weighted by Crippen LogP contribution is -2.47. The maximum atomic E-state index is 13.6. The number of pyridine rings is 1. The molecule has 3 aromatic rings. The van der Waals surface area contributed by atoms with E-state index in [-0.39, 0.29) is 35.6 Å². The zero-order chi connectivity index (χ0) is 24.8. The summed E-state index contributed by atoms with van der Waals surface area (Å²) in [5.74, 6) is 4.08. The Labute approximate surface area is 203 Å². The molecule has 3 N–H and O–H groups in total. The molecule has 0 saturated carbocycles. The Morgan fingerprint density at radius 2 is 1.71 bits per heavy atom. The minimum Gasteiger partial charge on any atom is -0.483 e. The molecule has 35 heavy (non-hydrogen) atoms. The number of fused-ring (bicyclic) bond motifs is 1. The summed E-state index contributed by atoms with van der Waals surface area (Å²) in [5, 5.41) is 0. The summed E-state index contributed by atoms with van der Waals surface area (Å²) in [5.41, 5.74) is 3.14. The number of nitrogens with zero attached hydrogens (tertiary/aromatic N) is 2. The molecule has 0 spiro atoms. The number of carbonyl (C=O) groups excluding carboxylic acids is 2. The number of nitrogens with two attached hydrogens (primary N) is 1. The van der Waals surface area contributed by atoms with E-state index in [0.717, 1.165) is 11.1 Å². The summed E-state index contributed by atoms with van der Waals surface area (Å²) in [7, 11) is 1.57. The number of hydrazine groups is 1. The van der Waals surface area contributed by atoms with Gasteiger partial charge in [0.2, 0.25) is 5.43 Å². The quantitative estimate of drug-likeness (QED) is 0.277. The Bertz CT molecular complexity index is 1240. The van der Waals surface area contributed by atoms with Crippen LogP contribution in [0.2, 0.25) is 0 Å². The number of hydrogen-bond acceptors (Lipinski definition) is 6. The van der Waals surface area contributed by atoms with Gasteiger partial charge >= 0.3 is 0 Å². The predicted octanol–water partition coefficient (Wildman–Crippen LogP) is 1.92. The number of amides is 2. The molecular formula is C26H28N4O5. The minimum atomic E-state index is -0.748. The Hall–Kier alpha value is -3.95. The van der Waals surface area contributed by atoms with Gasteiger partial charge in [-0.25, -0.2) is 5.84 Å². The molecule has 1 atom stereocenters. The number of hydrogen-bond donors (Lipinski definition) is 2. The normalized spacial score (nSPS) is 15.0. The highest BCUT2D eigenvalue weighted by Crippen LogP contribution is 2.30. The molecule has 0 saturated heterocycles. The molecule has 182 valence electrons. The topological polar surface area (TPSA) is 116 Å². The third-order valence-corrected chi connectivity index (χ3v) is 5.99. The first-order valence-corrected chi connectivity index (χ1v) is 11.3. The van der Waals surface area contributed by atoms with E-state index in [4.69, 9.17) is 15.3 Å². The summed E-state index contributed by atoms with van der Waals surface area (Å²) in [6, 6.07) is 18.9. The van der Waals surface area contributed by atoms with Crippen molar-refractivity contribution < 1.29 is 19.1 Å². The Morgan fingerprint density at radius 1 is 1.06 bits per heavy atom. The molecule has 1 aromatic heterocycles. The molecule has 0 bridgehead atoms. The van der Waals surface area contributed by atoms with Crippen LogP contribution < -0.4 is 21.4 Å². The van der Waals surface area contributed by atoms with Crippen LogP contribution in [-0.4, -0.2) is 48.1 Å². The van der Waals surface area contributed by atoms with Gasteiger partial charge in [0.05, 0.1) is 12.6 Å². The van der Waals surface area contributed by atoms with Crippen molar-refractivity contribution in [2.45, 2.75) is 19.1 Å². The van der Waals surface area contributed by atoms with E-state index in [1.165, 1.54) is 6.20 Å². The van der Waals surface area contributed by atoms with Crippen molar-refractivity contribution in [3.8, 4) is 5.75 Å². The van der Waals surface area contributed by atoms with E-state index in [9.17, 15) is 14.4 Å². The summed E-state index contributed by atoms with van der Waals surface area (Å²) in [6.07, 6.45) is 1.99. The van der Waals surface area contributed by atoms with Gasteiger partial charge in [-0.15, -0.1) is 0 Å². The van der Waals surface area contributed by atoms with Crippen molar-refractivity contribution in [2.75, 3.05) is 26.8 Å². The molecular weight excluding hydrogens is 448 g/mol. The van der Waals surface area contributed by atoms with E-state index < -0.39 is 11.3 Å². The van der Waals surface area contributed by atoms with Gasteiger partial charge in [-0.05, 0) is 17.5 Å². The van der Waals surface area contributed by atoms with Crippen LogP contribution in [-0.2, 0) is 17.8 Å². The summed E-state index contributed by atoms with van der Waals surface area (Å²) in [6.45, 7) is 1.15. The SMILES string of the molecule is COCCN1C[C@H](Cc2ccccc2)n2cc(C(=O)NN)c(=O)c(OCc3ccccc3)c2C1=O. The monoisotopic (exact) mass is 476 g/mol. The van der Waals surface area contributed by atoms with Gasteiger partial charge in [0.25, 0.3) is 11.8 Å². The van der Waals surface area contributed by atoms with Crippen LogP contribution in [0.5, 0.6) is 5.75 Å². The molecule has 0 unspecified atom stereocenters. The molecule has 9 nitrogen and oxygen atoms in total. The molecule has 0 fully saturated rings. The van der Waals surface area contributed by atoms with Crippen molar-refractivity contribution in [2.24, 2.45) is 5.84 Å². The lowest BCUT2D eigenvalue weighted by atomic mass is 10.0. The summed E-state index contributed by atoms with van der Waals surface area (Å²) in [4.78, 5) is 41.0. The van der Waals surface area contributed by atoms with Crippen LogP contribution in [0.25, 0.3) is 0 Å².